The number of hydrogen-bond acceptors (Lipinski definition) is 4. The van der Waals surface area contributed by atoms with E-state index in [0.717, 1.165) is 45.5 Å². The SMILES string of the molecule is CC1(C)c2ccccc2-c2ccc(N(c3ccc(-c4ccc5ccccc5c4)cc3)c3cccc4c3-c3ccccc3C43c4ccccc4N(c4ccccc4)c4ccccc43)cc21.CC1(C)c2ccccc2-c2ccc(N(c3ccc4c(c3)C(C)(c3ccccc3)c3ccccc3-4)c3cccc4c3-c3ccccc3C43c4ccccc4N(c4ccccc4)c4ccccc43)cc21. The van der Waals surface area contributed by atoms with E-state index in [-0.39, 0.29) is 16.2 Å². The molecule has 0 saturated heterocycles. The van der Waals surface area contributed by atoms with Crippen LogP contribution in [0, 0.1) is 0 Å². The molecule has 27 rings (SSSR count). The van der Waals surface area contributed by atoms with Crippen LogP contribution in [0.4, 0.5) is 68.2 Å². The quantitative estimate of drug-likeness (QED) is 0.135. The molecule has 1 atom stereocenters. The normalized spacial score (nSPS) is 15.6. The second-order valence-electron chi connectivity index (χ2n) is 37.7. The lowest BCUT2D eigenvalue weighted by Crippen LogP contribution is -2.36. The summed E-state index contributed by atoms with van der Waals surface area (Å²) in [6, 6.07) is 175. The monoisotopic (exact) mass is 1680 g/mol. The molecule has 0 N–H and O–H groups in total. The van der Waals surface area contributed by atoms with Gasteiger partial charge in [-0.1, -0.05) is 380 Å². The third-order valence-corrected chi connectivity index (χ3v) is 30.6. The van der Waals surface area contributed by atoms with E-state index >= 15 is 0 Å². The number of fused-ring (bicyclic) bond motifs is 28. The third kappa shape index (κ3) is 10.8. The molecule has 0 bridgehead atoms. The molecule has 0 fully saturated rings. The molecule has 0 saturated carbocycles. The molecule has 5 aliphatic carbocycles. The van der Waals surface area contributed by atoms with Gasteiger partial charge in [0.2, 0.25) is 0 Å². The molecule has 0 aromatic heterocycles. The lowest BCUT2D eigenvalue weighted by Gasteiger charge is -2.45. The van der Waals surface area contributed by atoms with Gasteiger partial charge < -0.3 is 19.6 Å². The first-order chi connectivity index (χ1) is 64.9. The van der Waals surface area contributed by atoms with E-state index in [2.05, 4.69) is 521 Å². The predicted octanol–water partition coefficient (Wildman–Crippen LogP) is 33.4. The summed E-state index contributed by atoms with van der Waals surface area (Å²) in [6.45, 7) is 12.0. The lowest BCUT2D eigenvalue weighted by molar-refractivity contribution is 0.660. The average molecular weight is 1690 g/mol. The van der Waals surface area contributed by atoms with Crippen LogP contribution in [0.5, 0.6) is 0 Å². The maximum Gasteiger partial charge on any atom is 0.0755 e. The van der Waals surface area contributed by atoms with E-state index < -0.39 is 10.8 Å². The van der Waals surface area contributed by atoms with Gasteiger partial charge >= 0.3 is 0 Å². The second-order valence-corrected chi connectivity index (χ2v) is 37.7. The van der Waals surface area contributed by atoms with Crippen molar-refractivity contribution in [1.29, 1.82) is 0 Å². The molecule has 2 aliphatic heterocycles. The van der Waals surface area contributed by atoms with Crippen molar-refractivity contribution in [2.24, 2.45) is 0 Å². The highest BCUT2D eigenvalue weighted by Crippen LogP contribution is 2.69. The molecule has 20 aromatic carbocycles. The van der Waals surface area contributed by atoms with Crippen LogP contribution in [0.25, 0.3) is 77.5 Å². The minimum atomic E-state index is -0.584. The Morgan fingerprint density at radius 2 is 0.500 bits per heavy atom. The predicted molar refractivity (Wildman–Crippen MR) is 549 cm³/mol. The number of para-hydroxylation sites is 6. The van der Waals surface area contributed by atoms with Crippen molar-refractivity contribution in [3.63, 3.8) is 0 Å². The highest BCUT2D eigenvalue weighted by Gasteiger charge is 2.56. The van der Waals surface area contributed by atoms with Crippen LogP contribution in [-0.4, -0.2) is 0 Å². The highest BCUT2D eigenvalue weighted by molar-refractivity contribution is 6.05. The molecule has 0 amide bonds. The molecule has 4 nitrogen and oxygen atoms in total. The largest absolute Gasteiger partial charge is 0.310 e. The number of benzene rings is 20. The van der Waals surface area contributed by atoms with Gasteiger partial charge in [-0.3, -0.25) is 0 Å². The van der Waals surface area contributed by atoms with Crippen molar-refractivity contribution in [3.8, 4) is 66.8 Å². The van der Waals surface area contributed by atoms with Crippen LogP contribution in [0.15, 0.2) is 467 Å². The summed E-state index contributed by atoms with van der Waals surface area (Å²) in [5, 5.41) is 2.50. The van der Waals surface area contributed by atoms with Gasteiger partial charge in [-0.05, 0) is 272 Å². The summed E-state index contributed by atoms with van der Waals surface area (Å²) in [6.07, 6.45) is 0. The third-order valence-electron chi connectivity index (χ3n) is 30.6. The van der Waals surface area contributed by atoms with Crippen molar-refractivity contribution in [2.45, 2.75) is 61.7 Å². The number of hydrogen-bond donors (Lipinski definition) is 0. The molecule has 132 heavy (non-hydrogen) atoms. The first-order valence-electron chi connectivity index (χ1n) is 46.5. The molecule has 2 heterocycles. The molecule has 7 aliphatic rings. The number of anilines is 12. The topological polar surface area (TPSA) is 13.0 Å². The van der Waals surface area contributed by atoms with E-state index in [1.54, 1.807) is 0 Å². The van der Waals surface area contributed by atoms with Crippen LogP contribution in [-0.2, 0) is 27.1 Å². The summed E-state index contributed by atoms with van der Waals surface area (Å²) >= 11 is 0. The highest BCUT2D eigenvalue weighted by atomic mass is 15.2. The smallest absolute Gasteiger partial charge is 0.0755 e. The Bertz CT molecular complexity index is 8040. The maximum atomic E-state index is 2.58. The second kappa shape index (κ2) is 29.2. The van der Waals surface area contributed by atoms with E-state index in [1.807, 2.05) is 0 Å². The van der Waals surface area contributed by atoms with E-state index in [4.69, 9.17) is 0 Å². The Morgan fingerprint density at radius 1 is 0.189 bits per heavy atom. The van der Waals surface area contributed by atoms with Gasteiger partial charge in [0.15, 0.2) is 0 Å². The van der Waals surface area contributed by atoms with Gasteiger partial charge in [-0.25, -0.2) is 0 Å². The van der Waals surface area contributed by atoms with Gasteiger partial charge in [0.05, 0.1) is 45.0 Å². The van der Waals surface area contributed by atoms with E-state index in [1.165, 1.54) is 184 Å². The summed E-state index contributed by atoms with van der Waals surface area (Å²) in [5.41, 5.74) is 47.2. The number of nitrogens with zero attached hydrogens (tertiary/aromatic N) is 4. The van der Waals surface area contributed by atoms with E-state index in [9.17, 15) is 0 Å². The van der Waals surface area contributed by atoms with Crippen LogP contribution in [0.3, 0.4) is 0 Å². The van der Waals surface area contributed by atoms with Gasteiger partial charge in [0.1, 0.15) is 0 Å². The van der Waals surface area contributed by atoms with Crippen LogP contribution in [0.1, 0.15) is 118 Å². The summed E-state index contributed by atoms with van der Waals surface area (Å²) in [7, 11) is 0. The van der Waals surface area contributed by atoms with Crippen molar-refractivity contribution in [1.82, 2.24) is 0 Å². The van der Waals surface area contributed by atoms with Crippen molar-refractivity contribution < 1.29 is 0 Å². The standard InChI is InChI=1S/C66H48N2.C62H44N2/c1-64(2)52-28-13-10-25-47(52)49-39-37-45(41-58(49)64)67(46-38-40-50-48-26-11-14-29-53(48)65(3,59(50)42-46)43-21-6-4-7-22-43)62-36-20-33-57-63(62)51-27-12-15-30-54(51)66(57)55-31-16-18-34-60(55)68(44-23-8-5-9-24-44)61-35-19-17-32-56(61)66;1-61(2)51-23-10-8-21-48(51)49-38-37-47(40-56(49)61)63(46-35-33-42(34-36-46)44-32-31-41-17-6-7-18-43(41)39-44)59-30-16-27-55-60(59)50-22-9-11-24-52(50)62(55)53-25-12-14-28-57(53)64(45-19-4-3-5-20-45)58-29-15-13-26-54(58)62/h4-42H,1-3H3;3-40H,1-2H3. The fraction of sp³-hybridized carbons (Fsp3) is 0.0781. The summed E-state index contributed by atoms with van der Waals surface area (Å²) in [4.78, 5) is 10.0. The summed E-state index contributed by atoms with van der Waals surface area (Å²) in [5.74, 6) is 0. The van der Waals surface area contributed by atoms with Gasteiger partial charge in [0, 0.05) is 61.5 Å². The molecular weight excluding hydrogens is 1590 g/mol. The molecule has 2 spiro atoms. The molecular formula is C128H92N4. The minimum absolute atomic E-state index is 0.150. The average Bonchev–Trinajstić information content (AvgIpc) is 1.49. The fourth-order valence-corrected chi connectivity index (χ4v) is 24.7. The lowest BCUT2D eigenvalue weighted by atomic mass is 9.64. The van der Waals surface area contributed by atoms with Crippen molar-refractivity contribution in [2.75, 3.05) is 19.6 Å². The first kappa shape index (κ1) is 77.0. The molecule has 1 unspecified atom stereocenters. The Kier molecular flexibility index (Phi) is 17.0. The zero-order valence-electron chi connectivity index (χ0n) is 74.2. The van der Waals surface area contributed by atoms with Gasteiger partial charge in [0.25, 0.3) is 0 Å². The molecule has 4 heteroatoms. The molecule has 20 aromatic rings. The fourth-order valence-electron chi connectivity index (χ4n) is 24.7. The summed E-state index contributed by atoms with van der Waals surface area (Å²) < 4.78 is 0. The van der Waals surface area contributed by atoms with Gasteiger partial charge in [-0.15, -0.1) is 0 Å². The minimum Gasteiger partial charge on any atom is -0.310 e. The number of rotatable bonds is 10. The molecule has 624 valence electrons. The van der Waals surface area contributed by atoms with Crippen LogP contribution in [0.2, 0.25) is 0 Å². The zero-order chi connectivity index (χ0) is 87.9. The zero-order valence-corrected chi connectivity index (χ0v) is 74.2. The Labute approximate surface area is 772 Å². The molecule has 0 radical (unpaired) electrons. The Balaban J connectivity index is 0.000000139. The van der Waals surface area contributed by atoms with Crippen LogP contribution >= 0.6 is 0 Å². The Morgan fingerprint density at radius 3 is 0.947 bits per heavy atom. The van der Waals surface area contributed by atoms with Crippen LogP contribution < -0.4 is 19.6 Å². The van der Waals surface area contributed by atoms with E-state index in [0.29, 0.717) is 0 Å². The van der Waals surface area contributed by atoms with Crippen molar-refractivity contribution in [3.05, 3.63) is 551 Å². The first-order valence-corrected chi connectivity index (χ1v) is 46.5. The van der Waals surface area contributed by atoms with Crippen molar-refractivity contribution >= 4 is 79.0 Å². The Hall–Kier alpha value is -16.1. The maximum absolute atomic E-state index is 2.58. The van der Waals surface area contributed by atoms with Gasteiger partial charge in [-0.2, -0.15) is 0 Å².